The van der Waals surface area contributed by atoms with Gasteiger partial charge in [0.25, 0.3) is 5.56 Å². The maximum atomic E-state index is 13.4. The summed E-state index contributed by atoms with van der Waals surface area (Å²) in [5, 5.41) is 13.8. The van der Waals surface area contributed by atoms with Gasteiger partial charge in [-0.15, -0.1) is 0 Å². The number of fused-ring (bicyclic) bond motifs is 7. The normalized spacial score (nSPS) is 15.2. The predicted molar refractivity (Wildman–Crippen MR) is 157 cm³/mol. The fraction of sp³-hybridized carbons (Fsp3) is 0.242. The smallest absolute Gasteiger partial charge is 0.340 e. The summed E-state index contributed by atoms with van der Waals surface area (Å²) in [7, 11) is 0. The standard InChI is InChI=1S/C31H25N3O4.C2H6/c1-2-20-23-14-34-26(12-22-24(30(34)36)15-38-31(37)29(22)35)28(23)33-25-10-9-18-7-8-19(11-21(18)27(20)25)17-5-3-16(13-32)4-6-17;1-2/h3-12,29,35H,2,13-15,32H2,1H3;1-2H3. The first-order chi connectivity index (χ1) is 19.5. The molecular formula is C33H31N3O4. The molecule has 0 spiro atoms. The van der Waals surface area contributed by atoms with Crippen LogP contribution in [0.25, 0.3) is 44.2 Å². The molecule has 40 heavy (non-hydrogen) atoms. The number of rotatable bonds is 3. The predicted octanol–water partition coefficient (Wildman–Crippen LogP) is 5.38. The second-order valence-corrected chi connectivity index (χ2v) is 9.93. The molecule has 7 nitrogen and oxygen atoms in total. The van der Waals surface area contributed by atoms with Crippen molar-refractivity contribution in [2.75, 3.05) is 0 Å². The molecule has 0 amide bonds. The molecule has 0 saturated heterocycles. The Labute approximate surface area is 231 Å². The Bertz CT molecular complexity index is 1870. The molecule has 5 aromatic rings. The van der Waals surface area contributed by atoms with Crippen molar-refractivity contribution < 1.29 is 14.6 Å². The molecule has 0 bridgehead atoms. The molecular weight excluding hydrogens is 502 g/mol. The summed E-state index contributed by atoms with van der Waals surface area (Å²) in [4.78, 5) is 30.4. The van der Waals surface area contributed by atoms with Crippen LogP contribution in [0.2, 0.25) is 0 Å². The third-order valence-electron chi connectivity index (χ3n) is 7.93. The second-order valence-electron chi connectivity index (χ2n) is 9.93. The summed E-state index contributed by atoms with van der Waals surface area (Å²) < 4.78 is 6.71. The van der Waals surface area contributed by atoms with E-state index in [0.29, 0.717) is 29.9 Å². The number of nitrogens with two attached hydrogens (primary N) is 1. The van der Waals surface area contributed by atoms with Gasteiger partial charge in [-0.05, 0) is 57.6 Å². The first-order valence-electron chi connectivity index (χ1n) is 13.8. The van der Waals surface area contributed by atoms with Crippen LogP contribution in [0.15, 0.2) is 65.5 Å². The average molecular weight is 534 g/mol. The largest absolute Gasteiger partial charge is 0.458 e. The zero-order chi connectivity index (χ0) is 28.1. The van der Waals surface area contributed by atoms with E-state index in [1.165, 1.54) is 0 Å². The Balaban J connectivity index is 0.00000142. The van der Waals surface area contributed by atoms with Crippen molar-refractivity contribution in [3.63, 3.8) is 0 Å². The van der Waals surface area contributed by atoms with Gasteiger partial charge >= 0.3 is 5.97 Å². The molecule has 202 valence electrons. The number of benzene rings is 3. The number of ether oxygens (including phenoxy) is 1. The molecule has 0 fully saturated rings. The number of aryl methyl sites for hydroxylation is 1. The van der Waals surface area contributed by atoms with Gasteiger partial charge in [-0.1, -0.05) is 63.2 Å². The average Bonchev–Trinajstić information content (AvgIpc) is 3.37. The number of hydrogen-bond acceptors (Lipinski definition) is 6. The van der Waals surface area contributed by atoms with E-state index in [9.17, 15) is 14.7 Å². The molecule has 7 heteroatoms. The third kappa shape index (κ3) is 3.85. The summed E-state index contributed by atoms with van der Waals surface area (Å²) in [5.41, 5.74) is 13.9. The van der Waals surface area contributed by atoms with Crippen molar-refractivity contribution in [2.45, 2.75) is 53.0 Å². The number of carbonyl (C=O) groups excluding carboxylic acids is 1. The van der Waals surface area contributed by atoms with E-state index in [1.807, 2.05) is 19.9 Å². The maximum absolute atomic E-state index is 13.4. The molecule has 1 atom stereocenters. The molecule has 7 rings (SSSR count). The minimum Gasteiger partial charge on any atom is -0.458 e. The minimum atomic E-state index is -1.46. The summed E-state index contributed by atoms with van der Waals surface area (Å²) in [6.07, 6.45) is -0.698. The molecule has 3 N–H and O–H groups in total. The van der Waals surface area contributed by atoms with Crippen LogP contribution >= 0.6 is 0 Å². The summed E-state index contributed by atoms with van der Waals surface area (Å²) in [6, 6.07) is 20.6. The Kier molecular flexibility index (Phi) is 6.49. The highest BCUT2D eigenvalue weighted by molar-refractivity contribution is 6.10. The van der Waals surface area contributed by atoms with Gasteiger partial charge < -0.3 is 20.1 Å². The molecule has 2 aromatic heterocycles. The summed E-state index contributed by atoms with van der Waals surface area (Å²) in [5.74, 6) is -0.735. The quantitative estimate of drug-likeness (QED) is 0.234. The molecule has 0 radical (unpaired) electrons. The summed E-state index contributed by atoms with van der Waals surface area (Å²) in [6.45, 7) is 6.90. The zero-order valence-electron chi connectivity index (χ0n) is 22.8. The van der Waals surface area contributed by atoms with E-state index >= 15 is 0 Å². The molecule has 3 aromatic carbocycles. The number of hydrogen-bond donors (Lipinski definition) is 2. The van der Waals surface area contributed by atoms with Gasteiger partial charge in [0.05, 0.1) is 29.0 Å². The Morgan fingerprint density at radius 3 is 2.45 bits per heavy atom. The van der Waals surface area contributed by atoms with Gasteiger partial charge in [0, 0.05) is 23.1 Å². The number of pyridine rings is 2. The lowest BCUT2D eigenvalue weighted by molar-refractivity contribution is -0.157. The SMILES string of the molecule is CC.CCc1c2c(nc3ccc4ccc(-c5ccc(CN)cc5)cc4c13)-c1cc3c(c(=O)n1C2)COC(=O)C3O. The monoisotopic (exact) mass is 533 g/mol. The Hall–Kier alpha value is -4.33. The van der Waals surface area contributed by atoms with Crippen LogP contribution in [-0.2, 0) is 35.6 Å². The van der Waals surface area contributed by atoms with Crippen LogP contribution in [0.5, 0.6) is 0 Å². The van der Waals surface area contributed by atoms with Gasteiger partial charge in [0.2, 0.25) is 0 Å². The number of nitrogens with zero attached hydrogens (tertiary/aromatic N) is 2. The Morgan fingerprint density at radius 1 is 1.00 bits per heavy atom. The highest BCUT2D eigenvalue weighted by Gasteiger charge is 2.34. The van der Waals surface area contributed by atoms with Crippen molar-refractivity contribution in [1.82, 2.24) is 9.55 Å². The van der Waals surface area contributed by atoms with E-state index in [-0.39, 0.29) is 12.2 Å². The van der Waals surface area contributed by atoms with E-state index in [4.69, 9.17) is 15.5 Å². The second kappa shape index (κ2) is 10.0. The Morgan fingerprint density at radius 2 is 1.73 bits per heavy atom. The number of aliphatic hydroxyl groups excluding tert-OH is 1. The number of aromatic nitrogens is 2. The lowest BCUT2D eigenvalue weighted by Crippen LogP contribution is -2.32. The van der Waals surface area contributed by atoms with Crippen molar-refractivity contribution in [1.29, 1.82) is 0 Å². The van der Waals surface area contributed by atoms with Crippen molar-refractivity contribution in [3.8, 4) is 22.5 Å². The highest BCUT2D eigenvalue weighted by Crippen LogP contribution is 2.40. The first-order valence-corrected chi connectivity index (χ1v) is 13.8. The zero-order valence-corrected chi connectivity index (χ0v) is 22.8. The van der Waals surface area contributed by atoms with E-state index in [2.05, 4.69) is 55.5 Å². The molecule has 0 aliphatic carbocycles. The maximum Gasteiger partial charge on any atom is 0.340 e. The van der Waals surface area contributed by atoms with E-state index in [0.717, 1.165) is 61.6 Å². The van der Waals surface area contributed by atoms with Crippen molar-refractivity contribution in [3.05, 3.63) is 98.8 Å². The van der Waals surface area contributed by atoms with E-state index < -0.39 is 12.1 Å². The molecule has 4 heterocycles. The fourth-order valence-corrected chi connectivity index (χ4v) is 5.94. The van der Waals surface area contributed by atoms with Gasteiger partial charge in [-0.2, -0.15) is 0 Å². The number of esters is 1. The lowest BCUT2D eigenvalue weighted by atomic mass is 9.92. The number of aliphatic hydroxyl groups is 1. The van der Waals surface area contributed by atoms with Crippen LogP contribution in [0.3, 0.4) is 0 Å². The lowest BCUT2D eigenvalue weighted by Gasteiger charge is -2.21. The third-order valence-corrected chi connectivity index (χ3v) is 7.93. The van der Waals surface area contributed by atoms with Gasteiger partial charge in [-0.25, -0.2) is 9.78 Å². The fourth-order valence-electron chi connectivity index (χ4n) is 5.94. The first kappa shape index (κ1) is 25.9. The van der Waals surface area contributed by atoms with Gasteiger partial charge in [-0.3, -0.25) is 4.79 Å². The number of carbonyl (C=O) groups is 1. The minimum absolute atomic E-state index is 0.129. The molecule has 2 aliphatic heterocycles. The molecule has 2 aliphatic rings. The van der Waals surface area contributed by atoms with Crippen LogP contribution in [0.4, 0.5) is 0 Å². The van der Waals surface area contributed by atoms with Crippen LogP contribution in [0.1, 0.15) is 54.7 Å². The van der Waals surface area contributed by atoms with Crippen LogP contribution in [-0.4, -0.2) is 20.6 Å². The highest BCUT2D eigenvalue weighted by atomic mass is 16.5. The van der Waals surface area contributed by atoms with Crippen molar-refractivity contribution in [2.24, 2.45) is 5.73 Å². The van der Waals surface area contributed by atoms with Crippen LogP contribution < -0.4 is 11.3 Å². The topological polar surface area (TPSA) is 107 Å². The number of cyclic esters (lactones) is 1. The molecule has 1 unspecified atom stereocenters. The van der Waals surface area contributed by atoms with Gasteiger partial charge in [0.1, 0.15) is 6.61 Å². The van der Waals surface area contributed by atoms with Crippen LogP contribution in [0, 0.1) is 0 Å². The van der Waals surface area contributed by atoms with Gasteiger partial charge in [0.15, 0.2) is 6.10 Å². The van der Waals surface area contributed by atoms with Crippen molar-refractivity contribution >= 4 is 27.6 Å². The van der Waals surface area contributed by atoms with E-state index in [1.54, 1.807) is 10.6 Å². The molecule has 0 saturated carbocycles. The summed E-state index contributed by atoms with van der Waals surface area (Å²) >= 11 is 0.